The van der Waals surface area contributed by atoms with Crippen LogP contribution in [0.4, 0.5) is 5.69 Å². The number of rotatable bonds is 7. The zero-order valence-corrected chi connectivity index (χ0v) is 23.1. The highest BCUT2D eigenvalue weighted by Gasteiger charge is 2.23. The SMILES string of the molecule is CC(C)(C)OC(=O)c1ccc(-c2ccccc2)cc1NC(=O)c1ccc(I)cc1OCc1ccccc1. The Morgan fingerprint density at radius 2 is 1.43 bits per heavy atom. The lowest BCUT2D eigenvalue weighted by atomic mass is 10.0. The predicted molar refractivity (Wildman–Crippen MR) is 155 cm³/mol. The summed E-state index contributed by atoms with van der Waals surface area (Å²) in [6.45, 7) is 5.75. The smallest absolute Gasteiger partial charge is 0.340 e. The van der Waals surface area contributed by atoms with Crippen molar-refractivity contribution in [1.29, 1.82) is 0 Å². The van der Waals surface area contributed by atoms with E-state index in [2.05, 4.69) is 27.9 Å². The average molecular weight is 605 g/mol. The Morgan fingerprint density at radius 1 is 0.784 bits per heavy atom. The largest absolute Gasteiger partial charge is 0.488 e. The lowest BCUT2D eigenvalue weighted by Crippen LogP contribution is -2.25. The highest BCUT2D eigenvalue weighted by molar-refractivity contribution is 14.1. The van der Waals surface area contributed by atoms with Gasteiger partial charge in [0.05, 0.1) is 16.8 Å². The molecule has 4 aromatic rings. The summed E-state index contributed by atoms with van der Waals surface area (Å²) < 4.78 is 12.6. The molecule has 0 unspecified atom stereocenters. The number of nitrogens with one attached hydrogen (secondary N) is 1. The van der Waals surface area contributed by atoms with Crippen LogP contribution in [0.1, 0.15) is 47.1 Å². The third kappa shape index (κ3) is 7.20. The van der Waals surface area contributed by atoms with E-state index in [-0.39, 0.29) is 11.5 Å². The van der Waals surface area contributed by atoms with E-state index in [9.17, 15) is 9.59 Å². The van der Waals surface area contributed by atoms with Gasteiger partial charge in [0.2, 0.25) is 0 Å². The van der Waals surface area contributed by atoms with E-state index in [1.807, 2.05) is 99.6 Å². The second kappa shape index (κ2) is 11.6. The number of halogens is 1. The van der Waals surface area contributed by atoms with Crippen molar-refractivity contribution in [3.8, 4) is 16.9 Å². The zero-order valence-electron chi connectivity index (χ0n) is 21.0. The van der Waals surface area contributed by atoms with Gasteiger partial charge in [-0.05, 0) is 90.4 Å². The Kier molecular flexibility index (Phi) is 8.28. The maximum absolute atomic E-state index is 13.5. The lowest BCUT2D eigenvalue weighted by molar-refractivity contribution is 0.00708. The van der Waals surface area contributed by atoms with Crippen molar-refractivity contribution >= 4 is 40.2 Å². The zero-order chi connectivity index (χ0) is 26.4. The van der Waals surface area contributed by atoms with Crippen LogP contribution in [-0.4, -0.2) is 17.5 Å². The van der Waals surface area contributed by atoms with Gasteiger partial charge in [-0.25, -0.2) is 4.79 Å². The van der Waals surface area contributed by atoms with Crippen LogP contribution in [0.2, 0.25) is 0 Å². The van der Waals surface area contributed by atoms with Crippen LogP contribution in [0, 0.1) is 3.57 Å². The summed E-state index contributed by atoms with van der Waals surface area (Å²) in [5, 5.41) is 2.94. The molecule has 0 atom stereocenters. The minimum atomic E-state index is -0.676. The minimum absolute atomic E-state index is 0.278. The molecule has 0 aliphatic rings. The molecule has 0 spiro atoms. The molecule has 0 saturated carbocycles. The monoisotopic (exact) mass is 605 g/mol. The summed E-state index contributed by atoms with van der Waals surface area (Å²) in [6.07, 6.45) is 0. The number of carbonyl (C=O) groups excluding carboxylic acids is 2. The van der Waals surface area contributed by atoms with Gasteiger partial charge in [-0.15, -0.1) is 0 Å². The molecule has 5 nitrogen and oxygen atoms in total. The molecule has 4 aromatic carbocycles. The molecule has 0 radical (unpaired) electrons. The summed E-state index contributed by atoms with van der Waals surface area (Å²) in [5.74, 6) is -0.425. The average Bonchev–Trinajstić information content (AvgIpc) is 2.87. The first-order chi connectivity index (χ1) is 17.7. The van der Waals surface area contributed by atoms with Crippen LogP contribution >= 0.6 is 22.6 Å². The van der Waals surface area contributed by atoms with Crippen molar-refractivity contribution in [2.24, 2.45) is 0 Å². The number of hydrogen-bond acceptors (Lipinski definition) is 4. The van der Waals surface area contributed by atoms with E-state index in [1.54, 1.807) is 18.2 Å². The normalized spacial score (nSPS) is 11.0. The second-order valence-electron chi connectivity index (χ2n) is 9.50. The van der Waals surface area contributed by atoms with Crippen molar-refractivity contribution in [3.05, 3.63) is 117 Å². The lowest BCUT2D eigenvalue weighted by Gasteiger charge is -2.21. The molecule has 0 heterocycles. The summed E-state index contributed by atoms with van der Waals surface area (Å²) in [4.78, 5) is 26.5. The minimum Gasteiger partial charge on any atom is -0.488 e. The number of amides is 1. The molecule has 0 saturated heterocycles. The van der Waals surface area contributed by atoms with E-state index < -0.39 is 11.6 Å². The van der Waals surface area contributed by atoms with Gasteiger partial charge < -0.3 is 14.8 Å². The third-order valence-electron chi connectivity index (χ3n) is 5.42. The van der Waals surface area contributed by atoms with Crippen LogP contribution in [0.25, 0.3) is 11.1 Å². The summed E-state index contributed by atoms with van der Waals surface area (Å²) in [5.41, 5.74) is 3.17. The molecular weight excluding hydrogens is 577 g/mol. The number of benzene rings is 4. The quantitative estimate of drug-likeness (QED) is 0.173. The van der Waals surface area contributed by atoms with E-state index in [0.29, 0.717) is 23.6 Å². The van der Waals surface area contributed by atoms with Gasteiger partial charge in [-0.3, -0.25) is 4.79 Å². The van der Waals surface area contributed by atoms with Crippen molar-refractivity contribution in [2.75, 3.05) is 5.32 Å². The van der Waals surface area contributed by atoms with Crippen LogP contribution in [0.5, 0.6) is 5.75 Å². The first kappa shape index (κ1) is 26.4. The van der Waals surface area contributed by atoms with E-state index >= 15 is 0 Å². The summed E-state index contributed by atoms with van der Waals surface area (Å²) in [7, 11) is 0. The standard InChI is InChI=1S/C31H28INO4/c1-31(2,3)37-30(35)25-16-14-23(22-12-8-5-9-13-22)18-27(25)33-29(34)26-17-15-24(32)19-28(26)36-20-21-10-6-4-7-11-21/h4-19H,20H2,1-3H3,(H,33,34). The summed E-state index contributed by atoms with van der Waals surface area (Å²) in [6, 6.07) is 30.3. The van der Waals surface area contributed by atoms with Gasteiger partial charge in [0.25, 0.3) is 5.91 Å². The molecule has 0 fully saturated rings. The van der Waals surface area contributed by atoms with Crippen molar-refractivity contribution in [1.82, 2.24) is 0 Å². The molecule has 0 bridgehead atoms. The van der Waals surface area contributed by atoms with Crippen LogP contribution in [-0.2, 0) is 11.3 Å². The second-order valence-corrected chi connectivity index (χ2v) is 10.7. The first-order valence-electron chi connectivity index (χ1n) is 11.9. The van der Waals surface area contributed by atoms with Gasteiger partial charge >= 0.3 is 5.97 Å². The number of carbonyl (C=O) groups is 2. The van der Waals surface area contributed by atoms with E-state index in [1.165, 1.54) is 0 Å². The maximum atomic E-state index is 13.5. The topological polar surface area (TPSA) is 64.6 Å². The molecule has 1 N–H and O–H groups in total. The van der Waals surface area contributed by atoms with E-state index in [0.717, 1.165) is 20.3 Å². The Balaban J connectivity index is 1.67. The van der Waals surface area contributed by atoms with Gasteiger partial charge in [0.1, 0.15) is 18.0 Å². The molecule has 0 aliphatic heterocycles. The highest BCUT2D eigenvalue weighted by atomic mass is 127. The van der Waals surface area contributed by atoms with Gasteiger partial charge in [0, 0.05) is 3.57 Å². The molecule has 1 amide bonds. The fourth-order valence-electron chi connectivity index (χ4n) is 3.70. The van der Waals surface area contributed by atoms with Crippen LogP contribution in [0.3, 0.4) is 0 Å². The molecule has 6 heteroatoms. The Morgan fingerprint density at radius 3 is 2.11 bits per heavy atom. The first-order valence-corrected chi connectivity index (χ1v) is 13.0. The Labute approximate surface area is 231 Å². The predicted octanol–water partition coefficient (Wildman–Crippen LogP) is 7.74. The van der Waals surface area contributed by atoms with Crippen molar-refractivity contribution in [2.45, 2.75) is 33.0 Å². The maximum Gasteiger partial charge on any atom is 0.340 e. The molecular formula is C31H28INO4. The van der Waals surface area contributed by atoms with Crippen LogP contribution in [0.15, 0.2) is 97.1 Å². The fourth-order valence-corrected chi connectivity index (χ4v) is 4.16. The Hall–Kier alpha value is -3.65. The van der Waals surface area contributed by atoms with Gasteiger partial charge in [0.15, 0.2) is 0 Å². The summed E-state index contributed by atoms with van der Waals surface area (Å²) >= 11 is 2.19. The number of anilines is 1. The van der Waals surface area contributed by atoms with Gasteiger partial charge in [-0.2, -0.15) is 0 Å². The van der Waals surface area contributed by atoms with Crippen molar-refractivity contribution < 1.29 is 19.1 Å². The third-order valence-corrected chi connectivity index (χ3v) is 6.09. The van der Waals surface area contributed by atoms with Gasteiger partial charge in [-0.1, -0.05) is 66.7 Å². The van der Waals surface area contributed by atoms with E-state index in [4.69, 9.17) is 9.47 Å². The highest BCUT2D eigenvalue weighted by Crippen LogP contribution is 2.29. The molecule has 4 rings (SSSR count). The molecule has 0 aliphatic carbocycles. The number of hydrogen-bond donors (Lipinski definition) is 1. The molecule has 188 valence electrons. The number of ether oxygens (including phenoxy) is 2. The number of esters is 1. The van der Waals surface area contributed by atoms with Crippen molar-refractivity contribution in [3.63, 3.8) is 0 Å². The molecule has 37 heavy (non-hydrogen) atoms. The molecule has 0 aromatic heterocycles. The fraction of sp³-hybridized carbons (Fsp3) is 0.161. The van der Waals surface area contributed by atoms with Crippen LogP contribution < -0.4 is 10.1 Å². The Bertz CT molecular complexity index is 1400.